The van der Waals surface area contributed by atoms with Gasteiger partial charge in [-0.15, -0.1) is 0 Å². The van der Waals surface area contributed by atoms with Crippen LogP contribution in [-0.4, -0.2) is 29.7 Å². The van der Waals surface area contributed by atoms with Crippen LogP contribution in [0.25, 0.3) is 10.9 Å². The molecule has 0 aliphatic heterocycles. The summed E-state index contributed by atoms with van der Waals surface area (Å²) in [5.41, 5.74) is 6.65. The summed E-state index contributed by atoms with van der Waals surface area (Å²) in [6.45, 7) is 2.67. The second kappa shape index (κ2) is 6.38. The van der Waals surface area contributed by atoms with Crippen molar-refractivity contribution in [1.82, 2.24) is 9.97 Å². The zero-order chi connectivity index (χ0) is 14.5. The molecule has 6 heteroatoms. The summed E-state index contributed by atoms with van der Waals surface area (Å²) in [5, 5.41) is 3.70. The van der Waals surface area contributed by atoms with Gasteiger partial charge < -0.3 is 15.8 Å². The van der Waals surface area contributed by atoms with Crippen molar-refractivity contribution in [2.45, 2.75) is 25.8 Å². The second-order valence-electron chi connectivity index (χ2n) is 4.78. The van der Waals surface area contributed by atoms with Gasteiger partial charge in [-0.05, 0) is 24.6 Å². The van der Waals surface area contributed by atoms with Crippen LogP contribution in [0.2, 0.25) is 0 Å². The number of aromatic nitrogens is 2. The maximum atomic E-state index is 12.0. The molecule has 1 atom stereocenters. The predicted molar refractivity (Wildman–Crippen MR) is 81.0 cm³/mol. The van der Waals surface area contributed by atoms with Crippen molar-refractivity contribution < 1.29 is 4.74 Å². The molecule has 2 aromatic rings. The average molecular weight is 276 g/mol. The van der Waals surface area contributed by atoms with Crippen LogP contribution in [0.1, 0.15) is 19.8 Å². The van der Waals surface area contributed by atoms with Crippen LogP contribution in [-0.2, 0) is 4.74 Å². The highest BCUT2D eigenvalue weighted by molar-refractivity contribution is 5.81. The number of hydrogen-bond acceptors (Lipinski definition) is 5. The van der Waals surface area contributed by atoms with Crippen LogP contribution in [0.3, 0.4) is 0 Å². The molecule has 1 heterocycles. The number of nitrogens with one attached hydrogen (secondary N) is 2. The lowest BCUT2D eigenvalue weighted by atomic mass is 10.2. The van der Waals surface area contributed by atoms with Gasteiger partial charge in [-0.2, -0.15) is 0 Å². The van der Waals surface area contributed by atoms with E-state index < -0.39 is 0 Å². The number of fused-ring (bicyclic) bond motifs is 1. The summed E-state index contributed by atoms with van der Waals surface area (Å²) in [6.07, 6.45) is 1.96. The molecule has 4 N–H and O–H groups in total. The molecule has 0 radical (unpaired) electrons. The van der Waals surface area contributed by atoms with Crippen molar-refractivity contribution in [2.75, 3.05) is 24.8 Å². The maximum Gasteiger partial charge on any atom is 0.260 e. The molecular formula is C14H20N4O2. The Morgan fingerprint density at radius 1 is 1.50 bits per heavy atom. The third kappa shape index (κ3) is 3.27. The third-order valence-corrected chi connectivity index (χ3v) is 3.08. The van der Waals surface area contributed by atoms with E-state index in [2.05, 4.69) is 22.2 Å². The zero-order valence-corrected chi connectivity index (χ0v) is 11.8. The number of H-pyrrole nitrogens is 1. The number of rotatable bonds is 6. The lowest BCUT2D eigenvalue weighted by Gasteiger charge is -2.17. The second-order valence-corrected chi connectivity index (χ2v) is 4.78. The molecule has 1 unspecified atom stereocenters. The highest BCUT2D eigenvalue weighted by Gasteiger charge is 2.10. The minimum Gasteiger partial charge on any atom is -0.399 e. The van der Waals surface area contributed by atoms with Gasteiger partial charge in [0.05, 0.1) is 23.6 Å². The minimum absolute atomic E-state index is 0.124. The molecule has 6 nitrogen and oxygen atoms in total. The SMILES string of the molecule is CCCC(COC)Nc1nc2ccc(N)cc2c(=O)[nH]1. The molecule has 20 heavy (non-hydrogen) atoms. The number of ether oxygens (including phenoxy) is 1. The predicted octanol–water partition coefficient (Wildman–Crippen LogP) is 1.73. The van der Waals surface area contributed by atoms with Gasteiger partial charge in [-0.25, -0.2) is 4.98 Å². The van der Waals surface area contributed by atoms with E-state index in [1.165, 1.54) is 0 Å². The van der Waals surface area contributed by atoms with Crippen LogP contribution in [0.15, 0.2) is 23.0 Å². The zero-order valence-electron chi connectivity index (χ0n) is 11.8. The molecule has 2 rings (SSSR count). The van der Waals surface area contributed by atoms with E-state index in [4.69, 9.17) is 10.5 Å². The number of nitrogens with zero attached hydrogens (tertiary/aromatic N) is 1. The number of aromatic amines is 1. The van der Waals surface area contributed by atoms with E-state index in [0.717, 1.165) is 12.8 Å². The van der Waals surface area contributed by atoms with Gasteiger partial charge in [0.25, 0.3) is 5.56 Å². The Balaban J connectivity index is 2.31. The lowest BCUT2D eigenvalue weighted by Crippen LogP contribution is -2.27. The summed E-state index contributed by atoms with van der Waals surface area (Å²) in [6, 6.07) is 5.23. The van der Waals surface area contributed by atoms with Gasteiger partial charge in [0, 0.05) is 12.8 Å². The van der Waals surface area contributed by atoms with Crippen molar-refractivity contribution in [3.63, 3.8) is 0 Å². The van der Waals surface area contributed by atoms with Crippen molar-refractivity contribution in [1.29, 1.82) is 0 Å². The number of benzene rings is 1. The minimum atomic E-state index is -0.197. The van der Waals surface area contributed by atoms with E-state index in [1.54, 1.807) is 25.3 Å². The number of hydrogen-bond donors (Lipinski definition) is 3. The van der Waals surface area contributed by atoms with Gasteiger partial charge in [0.1, 0.15) is 0 Å². The standard InChI is InChI=1S/C14H20N4O2/c1-3-4-10(8-20-2)16-14-17-12-6-5-9(15)7-11(12)13(19)18-14/h5-7,10H,3-4,8,15H2,1-2H3,(H2,16,17,18,19). The van der Waals surface area contributed by atoms with Crippen LogP contribution < -0.4 is 16.6 Å². The van der Waals surface area contributed by atoms with E-state index in [0.29, 0.717) is 29.1 Å². The van der Waals surface area contributed by atoms with Crippen LogP contribution in [0, 0.1) is 0 Å². The van der Waals surface area contributed by atoms with E-state index in [-0.39, 0.29) is 11.6 Å². The van der Waals surface area contributed by atoms with E-state index in [9.17, 15) is 4.79 Å². The van der Waals surface area contributed by atoms with Crippen molar-refractivity contribution in [2.24, 2.45) is 0 Å². The number of nitrogens with two attached hydrogens (primary N) is 1. The van der Waals surface area contributed by atoms with Crippen LogP contribution in [0.5, 0.6) is 0 Å². The maximum absolute atomic E-state index is 12.0. The van der Waals surface area contributed by atoms with Crippen molar-refractivity contribution in [3.8, 4) is 0 Å². The summed E-state index contributed by atoms with van der Waals surface area (Å²) in [7, 11) is 1.66. The first-order valence-electron chi connectivity index (χ1n) is 6.69. The van der Waals surface area contributed by atoms with E-state index in [1.807, 2.05) is 0 Å². The molecule has 0 fully saturated rings. The summed E-state index contributed by atoms with van der Waals surface area (Å²) < 4.78 is 5.16. The van der Waals surface area contributed by atoms with Gasteiger partial charge in [0.15, 0.2) is 0 Å². The number of nitrogen functional groups attached to an aromatic ring is 1. The van der Waals surface area contributed by atoms with Gasteiger partial charge in [0.2, 0.25) is 5.95 Å². The monoisotopic (exact) mass is 276 g/mol. The summed E-state index contributed by atoms with van der Waals surface area (Å²) in [4.78, 5) is 19.2. The Hall–Kier alpha value is -2.08. The largest absolute Gasteiger partial charge is 0.399 e. The van der Waals surface area contributed by atoms with Crippen LogP contribution >= 0.6 is 0 Å². The Morgan fingerprint density at radius 3 is 3.00 bits per heavy atom. The van der Waals surface area contributed by atoms with Crippen molar-refractivity contribution in [3.05, 3.63) is 28.6 Å². The molecule has 0 aliphatic rings. The highest BCUT2D eigenvalue weighted by Crippen LogP contribution is 2.13. The Bertz CT molecular complexity index is 633. The molecule has 108 valence electrons. The quantitative estimate of drug-likeness (QED) is 0.699. The Labute approximate surface area is 117 Å². The van der Waals surface area contributed by atoms with Gasteiger partial charge >= 0.3 is 0 Å². The molecule has 1 aromatic heterocycles. The number of anilines is 2. The first-order chi connectivity index (χ1) is 9.63. The fraction of sp³-hybridized carbons (Fsp3) is 0.429. The summed E-state index contributed by atoms with van der Waals surface area (Å²) >= 11 is 0. The Kier molecular flexibility index (Phi) is 4.57. The topological polar surface area (TPSA) is 93.0 Å². The molecule has 0 spiro atoms. The normalized spacial score (nSPS) is 12.5. The average Bonchev–Trinajstić information content (AvgIpc) is 2.40. The van der Waals surface area contributed by atoms with Crippen molar-refractivity contribution >= 4 is 22.5 Å². The smallest absolute Gasteiger partial charge is 0.260 e. The van der Waals surface area contributed by atoms with E-state index >= 15 is 0 Å². The highest BCUT2D eigenvalue weighted by atomic mass is 16.5. The Morgan fingerprint density at radius 2 is 2.30 bits per heavy atom. The summed E-state index contributed by atoms with van der Waals surface area (Å²) in [5.74, 6) is 0.461. The molecule has 0 aliphatic carbocycles. The van der Waals surface area contributed by atoms with Gasteiger partial charge in [-0.3, -0.25) is 9.78 Å². The molecule has 0 saturated carbocycles. The van der Waals surface area contributed by atoms with Crippen LogP contribution in [0.4, 0.5) is 11.6 Å². The number of methoxy groups -OCH3 is 1. The molecule has 0 saturated heterocycles. The first kappa shape index (κ1) is 14.3. The molecule has 1 aromatic carbocycles. The lowest BCUT2D eigenvalue weighted by molar-refractivity contribution is 0.182. The van der Waals surface area contributed by atoms with Gasteiger partial charge in [-0.1, -0.05) is 13.3 Å². The molecule has 0 bridgehead atoms. The fourth-order valence-electron chi connectivity index (χ4n) is 2.16. The molecular weight excluding hydrogens is 256 g/mol. The fourth-order valence-corrected chi connectivity index (χ4v) is 2.16. The molecule has 0 amide bonds. The third-order valence-electron chi connectivity index (χ3n) is 3.08. The first-order valence-corrected chi connectivity index (χ1v) is 6.69.